The molecule has 0 saturated carbocycles. The number of methoxy groups -OCH3 is 2. The second kappa shape index (κ2) is 8.19. The first-order chi connectivity index (χ1) is 11.9. The first kappa shape index (κ1) is 19.0. The normalized spacial score (nSPS) is 11.0. The molecule has 134 valence electrons. The molecule has 0 bridgehead atoms. The Balaban J connectivity index is 2.02. The van der Waals surface area contributed by atoms with Gasteiger partial charge in [0.1, 0.15) is 11.5 Å². The predicted molar refractivity (Wildman–Crippen MR) is 94.8 cm³/mol. The highest BCUT2D eigenvalue weighted by Crippen LogP contribution is 2.27. The minimum Gasteiger partial charge on any atom is -0.497 e. The number of benzene rings is 2. The fraction of sp³-hybridized carbons (Fsp3) is 0.188. The predicted octanol–water partition coefficient (Wildman–Crippen LogP) is 2.27. The van der Waals surface area contributed by atoms with E-state index in [2.05, 4.69) is 10.0 Å². The van der Waals surface area contributed by atoms with Crippen molar-refractivity contribution >= 4 is 33.2 Å². The van der Waals surface area contributed by atoms with Gasteiger partial charge in [-0.05, 0) is 42.5 Å². The minimum atomic E-state index is -3.82. The summed E-state index contributed by atoms with van der Waals surface area (Å²) >= 11 is 5.88. The fourth-order valence-electron chi connectivity index (χ4n) is 1.97. The molecule has 0 aliphatic carbocycles. The number of hydrogen-bond acceptors (Lipinski definition) is 5. The molecule has 0 aliphatic rings. The summed E-state index contributed by atoms with van der Waals surface area (Å²) in [6.07, 6.45) is 0. The number of carbonyl (C=O) groups is 1. The number of ether oxygens (including phenoxy) is 2. The Hall–Kier alpha value is -2.29. The van der Waals surface area contributed by atoms with Crippen LogP contribution in [-0.2, 0) is 14.8 Å². The maximum Gasteiger partial charge on any atom is 0.241 e. The van der Waals surface area contributed by atoms with Crippen LogP contribution in [0.25, 0.3) is 0 Å². The summed E-state index contributed by atoms with van der Waals surface area (Å²) in [6, 6.07) is 10.5. The van der Waals surface area contributed by atoms with Crippen molar-refractivity contribution in [3.63, 3.8) is 0 Å². The topological polar surface area (TPSA) is 93.7 Å². The highest BCUT2D eigenvalue weighted by molar-refractivity contribution is 7.89. The molecule has 0 atom stereocenters. The third-order valence-electron chi connectivity index (χ3n) is 3.23. The van der Waals surface area contributed by atoms with Crippen LogP contribution in [0.4, 0.5) is 5.69 Å². The molecule has 2 aromatic carbocycles. The lowest BCUT2D eigenvalue weighted by atomic mass is 10.3. The molecule has 9 heteroatoms. The lowest BCUT2D eigenvalue weighted by molar-refractivity contribution is -0.115. The number of amides is 1. The molecular formula is C16H17ClN2O5S. The third-order valence-corrected chi connectivity index (χ3v) is 4.88. The van der Waals surface area contributed by atoms with Gasteiger partial charge in [-0.15, -0.1) is 0 Å². The summed E-state index contributed by atoms with van der Waals surface area (Å²) < 4.78 is 36.7. The van der Waals surface area contributed by atoms with Crippen LogP contribution in [0.15, 0.2) is 47.4 Å². The number of rotatable bonds is 7. The monoisotopic (exact) mass is 384 g/mol. The molecule has 0 radical (unpaired) electrons. The van der Waals surface area contributed by atoms with E-state index in [9.17, 15) is 13.2 Å². The van der Waals surface area contributed by atoms with Gasteiger partial charge in [0.25, 0.3) is 0 Å². The van der Waals surface area contributed by atoms with Gasteiger partial charge in [-0.3, -0.25) is 4.79 Å². The molecule has 0 unspecified atom stereocenters. The summed E-state index contributed by atoms with van der Waals surface area (Å²) in [6.45, 7) is -0.440. The van der Waals surface area contributed by atoms with Crippen LogP contribution < -0.4 is 19.5 Å². The zero-order valence-corrected chi connectivity index (χ0v) is 15.1. The van der Waals surface area contributed by atoms with Crippen molar-refractivity contribution in [2.45, 2.75) is 4.90 Å². The highest BCUT2D eigenvalue weighted by Gasteiger charge is 2.16. The van der Waals surface area contributed by atoms with E-state index in [0.29, 0.717) is 22.2 Å². The first-order valence-corrected chi connectivity index (χ1v) is 8.99. The van der Waals surface area contributed by atoms with E-state index in [1.165, 1.54) is 44.6 Å². The van der Waals surface area contributed by atoms with Crippen LogP contribution in [0.3, 0.4) is 0 Å². The van der Waals surface area contributed by atoms with Crippen LogP contribution >= 0.6 is 11.6 Å². The number of hydrogen-bond donors (Lipinski definition) is 2. The maximum absolute atomic E-state index is 12.2. The Morgan fingerprint density at radius 1 is 1.08 bits per heavy atom. The molecule has 2 N–H and O–H groups in total. The largest absolute Gasteiger partial charge is 0.497 e. The highest BCUT2D eigenvalue weighted by atomic mass is 35.5. The smallest absolute Gasteiger partial charge is 0.241 e. The van der Waals surface area contributed by atoms with Crippen LogP contribution in [0, 0.1) is 0 Å². The van der Waals surface area contributed by atoms with Crippen LogP contribution in [0.5, 0.6) is 11.5 Å². The standard InChI is InChI=1S/C16H17ClN2O5S/c1-23-12-4-6-13(7-5-12)25(21,22)18-10-16(20)19-14-9-11(17)3-8-15(14)24-2/h3-9,18H,10H2,1-2H3,(H,19,20). The van der Waals surface area contributed by atoms with E-state index >= 15 is 0 Å². The van der Waals surface area contributed by atoms with Crippen LogP contribution in [-0.4, -0.2) is 35.1 Å². The zero-order chi connectivity index (χ0) is 18.4. The molecule has 0 spiro atoms. The molecule has 0 fully saturated rings. The van der Waals surface area contributed by atoms with E-state index < -0.39 is 22.5 Å². The maximum atomic E-state index is 12.2. The van der Waals surface area contributed by atoms with Gasteiger partial charge in [0, 0.05) is 5.02 Å². The van der Waals surface area contributed by atoms with Crippen molar-refractivity contribution < 1.29 is 22.7 Å². The lowest BCUT2D eigenvalue weighted by Gasteiger charge is -2.11. The summed E-state index contributed by atoms with van der Waals surface area (Å²) in [5.41, 5.74) is 0.351. The van der Waals surface area contributed by atoms with Crippen molar-refractivity contribution in [3.05, 3.63) is 47.5 Å². The van der Waals surface area contributed by atoms with Gasteiger partial charge >= 0.3 is 0 Å². The number of sulfonamides is 1. The number of anilines is 1. The molecule has 2 aromatic rings. The Morgan fingerprint density at radius 3 is 2.36 bits per heavy atom. The second-order valence-corrected chi connectivity index (χ2v) is 7.10. The molecule has 0 heterocycles. The van der Waals surface area contributed by atoms with E-state index in [0.717, 1.165) is 0 Å². The molecule has 25 heavy (non-hydrogen) atoms. The molecule has 7 nitrogen and oxygen atoms in total. The first-order valence-electron chi connectivity index (χ1n) is 7.13. The number of carbonyl (C=O) groups excluding carboxylic acids is 1. The zero-order valence-electron chi connectivity index (χ0n) is 13.6. The fourth-order valence-corrected chi connectivity index (χ4v) is 3.13. The molecular weight excluding hydrogens is 368 g/mol. The minimum absolute atomic E-state index is 0.0291. The summed E-state index contributed by atoms with van der Waals surface area (Å²) in [5, 5.41) is 2.96. The van der Waals surface area contributed by atoms with E-state index in [4.69, 9.17) is 21.1 Å². The van der Waals surface area contributed by atoms with Crippen LogP contribution in [0.1, 0.15) is 0 Å². The van der Waals surface area contributed by atoms with Gasteiger partial charge in [0.15, 0.2) is 0 Å². The van der Waals surface area contributed by atoms with Crippen molar-refractivity contribution in [2.75, 3.05) is 26.1 Å². The Bertz CT molecular complexity index is 853. The molecule has 0 aliphatic heterocycles. The lowest BCUT2D eigenvalue weighted by Crippen LogP contribution is -2.33. The third kappa shape index (κ3) is 5.09. The van der Waals surface area contributed by atoms with E-state index in [1.54, 1.807) is 12.1 Å². The van der Waals surface area contributed by atoms with Gasteiger partial charge in [0.05, 0.1) is 31.3 Å². The van der Waals surface area contributed by atoms with Gasteiger partial charge < -0.3 is 14.8 Å². The molecule has 0 aromatic heterocycles. The van der Waals surface area contributed by atoms with Crippen molar-refractivity contribution in [2.24, 2.45) is 0 Å². The molecule has 2 rings (SSSR count). The Labute approximate surface area is 151 Å². The number of nitrogens with one attached hydrogen (secondary N) is 2. The average molecular weight is 385 g/mol. The van der Waals surface area contributed by atoms with Gasteiger partial charge in [0.2, 0.25) is 15.9 Å². The van der Waals surface area contributed by atoms with Gasteiger partial charge in [-0.2, -0.15) is 0 Å². The van der Waals surface area contributed by atoms with Gasteiger partial charge in [-0.1, -0.05) is 11.6 Å². The summed E-state index contributed by atoms with van der Waals surface area (Å²) in [4.78, 5) is 12.0. The van der Waals surface area contributed by atoms with E-state index in [1.807, 2.05) is 0 Å². The van der Waals surface area contributed by atoms with Crippen molar-refractivity contribution in [3.8, 4) is 11.5 Å². The SMILES string of the molecule is COc1ccc(S(=O)(=O)NCC(=O)Nc2cc(Cl)ccc2OC)cc1. The quantitative estimate of drug-likeness (QED) is 0.763. The van der Waals surface area contributed by atoms with Crippen LogP contribution in [0.2, 0.25) is 5.02 Å². The van der Waals surface area contributed by atoms with E-state index in [-0.39, 0.29) is 4.90 Å². The van der Waals surface area contributed by atoms with Crippen molar-refractivity contribution in [1.82, 2.24) is 4.72 Å². The second-order valence-electron chi connectivity index (χ2n) is 4.89. The Kier molecular flexibility index (Phi) is 6.24. The van der Waals surface area contributed by atoms with Gasteiger partial charge in [-0.25, -0.2) is 13.1 Å². The summed E-state index contributed by atoms with van der Waals surface area (Å²) in [5.74, 6) is 0.387. The molecule has 1 amide bonds. The van der Waals surface area contributed by atoms with Crippen molar-refractivity contribution in [1.29, 1.82) is 0 Å². The Morgan fingerprint density at radius 2 is 1.76 bits per heavy atom. The molecule has 0 saturated heterocycles. The summed E-state index contributed by atoms with van der Waals surface area (Å²) in [7, 11) is -0.888. The number of halogens is 1. The average Bonchev–Trinajstić information content (AvgIpc) is 2.60.